The number of hydrogen-bond acceptors (Lipinski definition) is 4. The van der Waals surface area contributed by atoms with Crippen LogP contribution in [0.2, 0.25) is 0 Å². The molecule has 2 N–H and O–H groups in total. The summed E-state index contributed by atoms with van der Waals surface area (Å²) in [4.78, 5) is 4.70. The first-order valence-electron chi connectivity index (χ1n) is 9.54. The molecule has 1 aliphatic heterocycles. The molecule has 4 nitrogen and oxygen atoms in total. The number of aryl methyl sites for hydroxylation is 1. The van der Waals surface area contributed by atoms with Gasteiger partial charge in [0.1, 0.15) is 11.9 Å². The maximum atomic E-state index is 10.7. The summed E-state index contributed by atoms with van der Waals surface area (Å²) in [5.74, 6) is 0.856. The summed E-state index contributed by atoms with van der Waals surface area (Å²) < 4.78 is 5.87. The monoisotopic (exact) mass is 371 g/mol. The molecule has 0 saturated carbocycles. The first kappa shape index (κ1) is 17.2. The lowest BCUT2D eigenvalue weighted by Crippen LogP contribution is -2.10. The molecule has 0 radical (unpaired) electrons. The molecule has 4 aromatic rings. The maximum Gasteiger partial charge on any atom is 0.129 e. The Hall–Kier alpha value is -2.95. The van der Waals surface area contributed by atoms with Gasteiger partial charge in [-0.05, 0) is 58.1 Å². The van der Waals surface area contributed by atoms with Crippen LogP contribution >= 0.6 is 0 Å². The highest BCUT2D eigenvalue weighted by Crippen LogP contribution is 2.43. The topological polar surface area (TPSA) is 62.6 Å². The Morgan fingerprint density at radius 2 is 2.00 bits per heavy atom. The van der Waals surface area contributed by atoms with Crippen LogP contribution in [0.4, 0.5) is 0 Å². The van der Waals surface area contributed by atoms with Gasteiger partial charge in [0.05, 0.1) is 18.7 Å². The molecular weight excluding hydrogens is 350 g/mol. The number of fused-ring (bicyclic) bond motifs is 1. The molecule has 1 aromatic heterocycles. The van der Waals surface area contributed by atoms with E-state index in [1.165, 1.54) is 5.56 Å². The van der Waals surface area contributed by atoms with Crippen molar-refractivity contribution in [3.05, 3.63) is 71.4 Å². The van der Waals surface area contributed by atoms with Gasteiger partial charge in [0, 0.05) is 23.6 Å². The fourth-order valence-corrected chi connectivity index (χ4v) is 4.42. The van der Waals surface area contributed by atoms with Gasteiger partial charge >= 0.3 is 0 Å². The van der Waals surface area contributed by atoms with E-state index in [1.54, 1.807) is 0 Å². The van der Waals surface area contributed by atoms with E-state index in [1.807, 2.05) is 37.4 Å². The Bertz CT molecular complexity index is 1210. The van der Waals surface area contributed by atoms with Crippen LogP contribution in [0.25, 0.3) is 32.8 Å². The van der Waals surface area contributed by atoms with Crippen molar-refractivity contribution >= 4 is 21.7 Å². The fourth-order valence-electron chi connectivity index (χ4n) is 4.42. The van der Waals surface area contributed by atoms with Gasteiger partial charge in [0.25, 0.3) is 0 Å². The Kier molecular flexibility index (Phi) is 4.04. The van der Waals surface area contributed by atoms with Crippen molar-refractivity contribution in [2.45, 2.75) is 19.4 Å². The van der Waals surface area contributed by atoms with Crippen molar-refractivity contribution in [1.29, 1.82) is 0 Å². The van der Waals surface area contributed by atoms with Crippen molar-refractivity contribution < 1.29 is 14.9 Å². The van der Waals surface area contributed by atoms with Crippen LogP contribution < -0.4 is 4.74 Å². The maximum absolute atomic E-state index is 10.7. The third kappa shape index (κ3) is 2.49. The third-order valence-electron chi connectivity index (χ3n) is 5.64. The quantitative estimate of drug-likeness (QED) is 0.563. The van der Waals surface area contributed by atoms with E-state index >= 15 is 0 Å². The first-order chi connectivity index (χ1) is 13.7. The van der Waals surface area contributed by atoms with E-state index in [-0.39, 0.29) is 6.61 Å². The molecule has 0 fully saturated rings. The lowest BCUT2D eigenvalue weighted by molar-refractivity contribution is 0.0956. The van der Waals surface area contributed by atoms with Gasteiger partial charge in [-0.15, -0.1) is 0 Å². The van der Waals surface area contributed by atoms with Crippen molar-refractivity contribution in [2.24, 2.45) is 0 Å². The van der Waals surface area contributed by atoms with E-state index in [9.17, 15) is 10.2 Å². The lowest BCUT2D eigenvalue weighted by atomic mass is 9.86. The third-order valence-corrected chi connectivity index (χ3v) is 5.64. The van der Waals surface area contributed by atoms with E-state index in [0.29, 0.717) is 6.61 Å². The number of pyridine rings is 1. The lowest BCUT2D eigenvalue weighted by Gasteiger charge is -2.23. The van der Waals surface area contributed by atoms with Crippen molar-refractivity contribution in [1.82, 2.24) is 4.98 Å². The van der Waals surface area contributed by atoms with E-state index < -0.39 is 6.10 Å². The van der Waals surface area contributed by atoms with Crippen LogP contribution in [0, 0.1) is 6.92 Å². The van der Waals surface area contributed by atoms with Crippen LogP contribution in [0.3, 0.4) is 0 Å². The second kappa shape index (κ2) is 6.59. The van der Waals surface area contributed by atoms with E-state index in [0.717, 1.165) is 56.1 Å². The molecule has 0 spiro atoms. The summed E-state index contributed by atoms with van der Waals surface area (Å²) in [5.41, 5.74) is 5.69. The highest BCUT2D eigenvalue weighted by atomic mass is 16.5. The summed E-state index contributed by atoms with van der Waals surface area (Å²) in [6.07, 6.45) is 1.74. The number of rotatable bonds is 3. The number of aliphatic hydroxyl groups excluding tert-OH is 2. The Balaban J connectivity index is 1.94. The van der Waals surface area contributed by atoms with Gasteiger partial charge in [0.15, 0.2) is 0 Å². The molecule has 140 valence electrons. The van der Waals surface area contributed by atoms with E-state index in [2.05, 4.69) is 24.3 Å². The standard InChI is InChI=1S/C24H21NO3/c1-14-12-16-4-2-3-5-17(16)23(21(14)19(27)13-26)18-6-7-20-22-15(9-11-28-20)8-10-25-24(18)22/h2-8,10,12,19,26-27H,9,11,13H2,1H3/t19-/m1/s1. The molecule has 4 heteroatoms. The first-order valence-corrected chi connectivity index (χ1v) is 9.54. The molecule has 5 rings (SSSR count). The zero-order valence-electron chi connectivity index (χ0n) is 15.6. The van der Waals surface area contributed by atoms with Crippen molar-refractivity contribution in [3.63, 3.8) is 0 Å². The van der Waals surface area contributed by atoms with Gasteiger partial charge in [0.2, 0.25) is 0 Å². The van der Waals surface area contributed by atoms with Crippen molar-refractivity contribution in [3.8, 4) is 16.9 Å². The molecule has 1 atom stereocenters. The van der Waals surface area contributed by atoms with E-state index in [4.69, 9.17) is 9.72 Å². The summed E-state index contributed by atoms with van der Waals surface area (Å²) in [6, 6.07) is 16.3. The van der Waals surface area contributed by atoms with Crippen LogP contribution in [0.15, 0.2) is 54.7 Å². The minimum Gasteiger partial charge on any atom is -0.493 e. The molecule has 0 unspecified atom stereocenters. The highest BCUT2D eigenvalue weighted by Gasteiger charge is 2.23. The second-order valence-corrected chi connectivity index (χ2v) is 7.31. The largest absolute Gasteiger partial charge is 0.493 e. The zero-order valence-corrected chi connectivity index (χ0v) is 15.6. The average molecular weight is 371 g/mol. The van der Waals surface area contributed by atoms with Crippen molar-refractivity contribution in [2.75, 3.05) is 13.2 Å². The Morgan fingerprint density at radius 3 is 2.86 bits per heavy atom. The van der Waals surface area contributed by atoms with Crippen LogP contribution in [-0.4, -0.2) is 28.4 Å². The predicted octanol–water partition coefficient (Wildman–Crippen LogP) is 4.32. The fraction of sp³-hybridized carbons (Fsp3) is 0.208. The van der Waals surface area contributed by atoms with Crippen LogP contribution in [-0.2, 0) is 6.42 Å². The number of nitrogens with zero attached hydrogens (tertiary/aromatic N) is 1. The number of benzene rings is 3. The predicted molar refractivity (Wildman–Crippen MR) is 111 cm³/mol. The Labute approximate surface area is 163 Å². The summed E-state index contributed by atoms with van der Waals surface area (Å²) >= 11 is 0. The van der Waals surface area contributed by atoms with Gasteiger partial charge in [-0.3, -0.25) is 4.98 Å². The number of ether oxygens (including phenoxy) is 1. The Morgan fingerprint density at radius 1 is 1.14 bits per heavy atom. The van der Waals surface area contributed by atoms with Gasteiger partial charge in [-0.25, -0.2) is 0 Å². The zero-order chi connectivity index (χ0) is 19.3. The minimum absolute atomic E-state index is 0.329. The minimum atomic E-state index is -0.957. The SMILES string of the molecule is Cc1cc2ccccc2c(-c2ccc3c4c(ccnc24)CCO3)c1[C@H](O)CO. The molecular formula is C24H21NO3. The molecule has 0 bridgehead atoms. The highest BCUT2D eigenvalue weighted by molar-refractivity contribution is 6.08. The van der Waals surface area contributed by atoms with Crippen LogP contribution in [0.1, 0.15) is 22.8 Å². The summed E-state index contributed by atoms with van der Waals surface area (Å²) in [6.45, 7) is 2.32. The number of hydrogen-bond donors (Lipinski definition) is 2. The van der Waals surface area contributed by atoms with Gasteiger partial charge in [-0.2, -0.15) is 0 Å². The molecule has 1 aliphatic rings. The van der Waals surface area contributed by atoms with Crippen LogP contribution in [0.5, 0.6) is 5.75 Å². The molecule has 28 heavy (non-hydrogen) atoms. The molecule has 0 aliphatic carbocycles. The average Bonchev–Trinajstić information content (AvgIpc) is 2.73. The van der Waals surface area contributed by atoms with Gasteiger partial charge in [-0.1, -0.05) is 30.3 Å². The molecule has 3 aromatic carbocycles. The second-order valence-electron chi connectivity index (χ2n) is 7.31. The van der Waals surface area contributed by atoms with Gasteiger partial charge < -0.3 is 14.9 Å². The number of aliphatic hydroxyl groups is 2. The summed E-state index contributed by atoms with van der Waals surface area (Å²) in [7, 11) is 0. The summed E-state index contributed by atoms with van der Waals surface area (Å²) in [5, 5.41) is 23.6. The number of aromatic nitrogens is 1. The molecule has 0 saturated heterocycles. The molecule has 0 amide bonds. The normalized spacial score (nSPS) is 14.2. The smallest absolute Gasteiger partial charge is 0.129 e. The molecule has 2 heterocycles.